The molecule has 0 radical (unpaired) electrons. The number of carbonyl (C=O) groups excluding carboxylic acids is 2. The number of nitrogens with one attached hydrogen (secondary N) is 1. The number of benzene rings is 3. The fraction of sp³-hybridized carbons (Fsp3) is 0. The molecule has 1 N–H and O–H groups in total. The van der Waals surface area contributed by atoms with Crippen LogP contribution in [0, 0.1) is 0 Å². The van der Waals surface area contributed by atoms with Crippen molar-refractivity contribution in [2.45, 2.75) is 0 Å². The maximum Gasteiger partial charge on any atom is 0.343 e. The molecule has 27 heavy (non-hydrogen) atoms. The van der Waals surface area contributed by atoms with E-state index >= 15 is 0 Å². The average Bonchev–Trinajstić information content (AvgIpc) is 2.70. The second kappa shape index (κ2) is 8.91. The Hall–Kier alpha value is -3.25. The Labute approximate surface area is 164 Å². The second-order valence-electron chi connectivity index (χ2n) is 5.53. The van der Waals surface area contributed by atoms with Crippen LogP contribution in [0.5, 0.6) is 5.75 Å². The van der Waals surface area contributed by atoms with E-state index < -0.39 is 5.97 Å². The van der Waals surface area contributed by atoms with Crippen molar-refractivity contribution in [3.8, 4) is 5.75 Å². The molecule has 1 amide bonds. The summed E-state index contributed by atoms with van der Waals surface area (Å²) in [4.78, 5) is 24.0. The number of hydrogen-bond donors (Lipinski definition) is 1. The number of hydrogen-bond acceptors (Lipinski definition) is 4. The zero-order chi connectivity index (χ0) is 19.1. The Balaban J connectivity index is 1.55. The molecule has 3 rings (SSSR count). The van der Waals surface area contributed by atoms with Crippen molar-refractivity contribution < 1.29 is 14.3 Å². The average molecular weight is 423 g/mol. The molecule has 0 bridgehead atoms. The molecule has 0 aliphatic carbocycles. The van der Waals surface area contributed by atoms with Crippen LogP contribution in [-0.4, -0.2) is 18.1 Å². The predicted molar refractivity (Wildman–Crippen MR) is 107 cm³/mol. The van der Waals surface area contributed by atoms with E-state index in [2.05, 4.69) is 26.5 Å². The van der Waals surface area contributed by atoms with Crippen LogP contribution in [0.2, 0.25) is 0 Å². The van der Waals surface area contributed by atoms with Crippen molar-refractivity contribution >= 4 is 34.0 Å². The molecule has 0 fully saturated rings. The minimum atomic E-state index is -0.418. The first kappa shape index (κ1) is 18.5. The molecule has 5 nitrogen and oxygen atoms in total. The van der Waals surface area contributed by atoms with E-state index in [1.165, 1.54) is 6.21 Å². The van der Waals surface area contributed by atoms with Gasteiger partial charge in [-0.15, -0.1) is 0 Å². The summed E-state index contributed by atoms with van der Waals surface area (Å²) in [7, 11) is 0. The zero-order valence-corrected chi connectivity index (χ0v) is 15.7. The topological polar surface area (TPSA) is 67.8 Å². The molecule has 0 aromatic heterocycles. The first-order chi connectivity index (χ1) is 13.1. The van der Waals surface area contributed by atoms with Crippen molar-refractivity contribution in [1.82, 2.24) is 5.43 Å². The van der Waals surface area contributed by atoms with Crippen molar-refractivity contribution in [2.75, 3.05) is 0 Å². The van der Waals surface area contributed by atoms with Crippen LogP contribution in [0.4, 0.5) is 0 Å². The highest BCUT2D eigenvalue weighted by Crippen LogP contribution is 2.14. The molecule has 3 aromatic carbocycles. The van der Waals surface area contributed by atoms with E-state index in [9.17, 15) is 9.59 Å². The van der Waals surface area contributed by atoms with Gasteiger partial charge in [-0.1, -0.05) is 34.1 Å². The molecule has 0 heterocycles. The predicted octanol–water partition coefficient (Wildman–Crippen LogP) is 4.43. The van der Waals surface area contributed by atoms with E-state index in [4.69, 9.17) is 4.74 Å². The van der Waals surface area contributed by atoms with Crippen LogP contribution < -0.4 is 10.2 Å². The summed E-state index contributed by atoms with van der Waals surface area (Å²) in [6, 6.07) is 22.5. The van der Waals surface area contributed by atoms with Crippen molar-refractivity contribution in [3.63, 3.8) is 0 Å². The van der Waals surface area contributed by atoms with Crippen LogP contribution in [-0.2, 0) is 0 Å². The smallest absolute Gasteiger partial charge is 0.343 e. The van der Waals surface area contributed by atoms with Crippen molar-refractivity contribution in [2.24, 2.45) is 5.10 Å². The van der Waals surface area contributed by atoms with Gasteiger partial charge in [-0.25, -0.2) is 10.2 Å². The third-order valence-corrected chi connectivity index (χ3v) is 4.11. The van der Waals surface area contributed by atoms with Gasteiger partial charge in [-0.2, -0.15) is 5.10 Å². The van der Waals surface area contributed by atoms with Gasteiger partial charge in [0.1, 0.15) is 5.75 Å². The minimum absolute atomic E-state index is 0.299. The Morgan fingerprint density at radius 2 is 1.52 bits per heavy atom. The van der Waals surface area contributed by atoms with Crippen LogP contribution in [0.25, 0.3) is 0 Å². The fourth-order valence-electron chi connectivity index (χ4n) is 2.19. The lowest BCUT2D eigenvalue weighted by atomic mass is 10.2. The molecule has 0 aliphatic heterocycles. The van der Waals surface area contributed by atoms with Gasteiger partial charge in [0.2, 0.25) is 0 Å². The van der Waals surface area contributed by atoms with Crippen LogP contribution in [0.15, 0.2) is 88.4 Å². The van der Waals surface area contributed by atoms with E-state index in [1.807, 2.05) is 6.07 Å². The fourth-order valence-corrected chi connectivity index (χ4v) is 2.46. The van der Waals surface area contributed by atoms with E-state index in [0.717, 1.165) is 10.0 Å². The molecule has 0 saturated carbocycles. The molecule has 3 aromatic rings. The highest BCUT2D eigenvalue weighted by molar-refractivity contribution is 9.10. The number of halogens is 1. The molecule has 134 valence electrons. The SMILES string of the molecule is O=C(N/N=C\c1ccc(OC(=O)c2ccccc2)cc1)c1ccc(Br)cc1. The van der Waals surface area contributed by atoms with E-state index in [1.54, 1.807) is 72.8 Å². The Bertz CT molecular complexity index is 953. The summed E-state index contributed by atoms with van der Waals surface area (Å²) in [5, 5.41) is 3.93. The monoisotopic (exact) mass is 422 g/mol. The third-order valence-electron chi connectivity index (χ3n) is 3.59. The second-order valence-corrected chi connectivity index (χ2v) is 6.45. The third kappa shape index (κ3) is 5.36. The zero-order valence-electron chi connectivity index (χ0n) is 14.1. The highest BCUT2D eigenvalue weighted by Gasteiger charge is 2.07. The Morgan fingerprint density at radius 1 is 0.852 bits per heavy atom. The Kier molecular flexibility index (Phi) is 6.12. The van der Waals surface area contributed by atoms with Gasteiger partial charge in [0.05, 0.1) is 11.8 Å². The van der Waals surface area contributed by atoms with Gasteiger partial charge in [0.15, 0.2) is 0 Å². The number of rotatable bonds is 5. The van der Waals surface area contributed by atoms with Gasteiger partial charge >= 0.3 is 5.97 Å². The maximum absolute atomic E-state index is 12.0. The first-order valence-electron chi connectivity index (χ1n) is 8.08. The molecule has 0 unspecified atom stereocenters. The maximum atomic E-state index is 12.0. The molecular weight excluding hydrogens is 408 g/mol. The van der Waals surface area contributed by atoms with Crippen LogP contribution in [0.3, 0.4) is 0 Å². The molecule has 6 heteroatoms. The highest BCUT2D eigenvalue weighted by atomic mass is 79.9. The molecule has 0 spiro atoms. The standard InChI is InChI=1S/C21H15BrN2O3/c22-18-10-8-16(9-11-18)20(25)24-23-14-15-6-12-19(13-7-15)27-21(26)17-4-2-1-3-5-17/h1-14H,(H,24,25)/b23-14-. The summed E-state index contributed by atoms with van der Waals surface area (Å²) in [6.45, 7) is 0. The number of amides is 1. The minimum Gasteiger partial charge on any atom is -0.423 e. The van der Waals surface area contributed by atoms with Crippen LogP contribution >= 0.6 is 15.9 Å². The van der Waals surface area contributed by atoms with Gasteiger partial charge in [0, 0.05) is 10.0 Å². The Morgan fingerprint density at radius 3 is 2.19 bits per heavy atom. The number of hydrazone groups is 1. The summed E-state index contributed by atoms with van der Waals surface area (Å²) in [5.41, 5.74) is 4.22. The summed E-state index contributed by atoms with van der Waals surface area (Å²) < 4.78 is 6.21. The van der Waals surface area contributed by atoms with Gasteiger partial charge in [-0.3, -0.25) is 4.79 Å². The van der Waals surface area contributed by atoms with Gasteiger partial charge in [0.25, 0.3) is 5.91 Å². The van der Waals surface area contributed by atoms with Crippen molar-refractivity contribution in [1.29, 1.82) is 0 Å². The molecule has 0 atom stereocenters. The number of nitrogens with zero attached hydrogens (tertiary/aromatic N) is 1. The van der Waals surface area contributed by atoms with E-state index in [0.29, 0.717) is 16.9 Å². The largest absolute Gasteiger partial charge is 0.423 e. The quantitative estimate of drug-likeness (QED) is 0.286. The van der Waals surface area contributed by atoms with Crippen molar-refractivity contribution in [3.05, 3.63) is 100 Å². The lowest BCUT2D eigenvalue weighted by molar-refractivity contribution is 0.0734. The van der Waals surface area contributed by atoms with Crippen LogP contribution in [0.1, 0.15) is 26.3 Å². The van der Waals surface area contributed by atoms with Gasteiger partial charge in [-0.05, 0) is 66.2 Å². The molecule has 0 aliphatic rings. The number of ether oxygens (including phenoxy) is 1. The lowest BCUT2D eigenvalue weighted by Gasteiger charge is -2.04. The van der Waals surface area contributed by atoms with E-state index in [-0.39, 0.29) is 5.91 Å². The summed E-state index contributed by atoms with van der Waals surface area (Å²) in [5.74, 6) is -0.286. The normalized spacial score (nSPS) is 10.6. The lowest BCUT2D eigenvalue weighted by Crippen LogP contribution is -2.17. The first-order valence-corrected chi connectivity index (χ1v) is 8.87. The summed E-state index contributed by atoms with van der Waals surface area (Å²) >= 11 is 3.32. The number of carbonyl (C=O) groups is 2. The van der Waals surface area contributed by atoms with Gasteiger partial charge < -0.3 is 4.74 Å². The number of esters is 1. The molecule has 0 saturated heterocycles. The summed E-state index contributed by atoms with van der Waals surface area (Å²) in [6.07, 6.45) is 1.51. The molecular formula is C21H15BrN2O3.